The zero-order chi connectivity index (χ0) is 22.0. The number of hydrogen-bond donors (Lipinski definition) is 1. The Morgan fingerprint density at radius 1 is 1.27 bits per heavy atom. The van der Waals surface area contributed by atoms with Gasteiger partial charge in [0.1, 0.15) is 18.4 Å². The van der Waals surface area contributed by atoms with Crippen LogP contribution < -0.4 is 16.6 Å². The molecule has 0 aliphatic carbocycles. The third-order valence-electron chi connectivity index (χ3n) is 5.37. The molecule has 10 nitrogen and oxygen atoms in total. The van der Waals surface area contributed by atoms with E-state index in [1.165, 1.54) is 29.2 Å². The van der Waals surface area contributed by atoms with E-state index in [1.54, 1.807) is 6.92 Å². The lowest BCUT2D eigenvalue weighted by atomic mass is 10.0. The van der Waals surface area contributed by atoms with Crippen LogP contribution in [0.3, 0.4) is 0 Å². The average Bonchev–Trinajstić information content (AvgIpc) is 3.02. The number of carbonyl (C=O) groups is 2. The van der Waals surface area contributed by atoms with Crippen LogP contribution in [0.2, 0.25) is 0 Å². The van der Waals surface area contributed by atoms with Gasteiger partial charge < -0.3 is 19.5 Å². The largest absolute Gasteiger partial charge is 0.460 e. The number of esters is 1. The van der Waals surface area contributed by atoms with E-state index in [0.717, 1.165) is 0 Å². The van der Waals surface area contributed by atoms with Gasteiger partial charge in [-0.1, -0.05) is 6.92 Å². The van der Waals surface area contributed by atoms with Crippen molar-refractivity contribution < 1.29 is 23.8 Å². The van der Waals surface area contributed by atoms with Crippen molar-refractivity contribution in [3.8, 4) is 0 Å². The second kappa shape index (κ2) is 9.13. The molecular weight excluding hydrogens is 394 g/mol. The normalized spacial score (nSPS) is 28.5. The van der Waals surface area contributed by atoms with Crippen LogP contribution in [0.4, 0.5) is 0 Å². The molecule has 30 heavy (non-hydrogen) atoms. The van der Waals surface area contributed by atoms with Gasteiger partial charge in [-0.05, 0) is 13.3 Å². The van der Waals surface area contributed by atoms with E-state index in [0.29, 0.717) is 31.4 Å². The SMILES string of the molecule is CCCn1c(=O)c(C)cn(C2C[C@@H]3OC[C@@H](OC(C)=O)C[C@@H](NC(C)=O)[C@H]3O2)c1=O. The highest BCUT2D eigenvalue weighted by Gasteiger charge is 2.46. The third kappa shape index (κ3) is 4.65. The van der Waals surface area contributed by atoms with Crippen LogP contribution in [-0.2, 0) is 30.3 Å². The maximum absolute atomic E-state index is 12.9. The van der Waals surface area contributed by atoms with E-state index in [9.17, 15) is 19.2 Å². The van der Waals surface area contributed by atoms with E-state index in [4.69, 9.17) is 14.2 Å². The molecule has 0 aromatic carbocycles. The number of aromatic nitrogens is 2. The molecule has 3 heterocycles. The van der Waals surface area contributed by atoms with Gasteiger partial charge in [0.15, 0.2) is 0 Å². The molecule has 2 fully saturated rings. The van der Waals surface area contributed by atoms with Crippen LogP contribution >= 0.6 is 0 Å². The first-order valence-corrected chi connectivity index (χ1v) is 10.2. The fourth-order valence-electron chi connectivity index (χ4n) is 4.17. The fourth-order valence-corrected chi connectivity index (χ4v) is 4.17. The molecule has 1 amide bonds. The molecule has 2 aliphatic heterocycles. The highest BCUT2D eigenvalue weighted by molar-refractivity contribution is 5.73. The molecule has 2 saturated heterocycles. The molecule has 2 aliphatic rings. The van der Waals surface area contributed by atoms with Gasteiger partial charge in [-0.25, -0.2) is 4.79 Å². The Balaban J connectivity index is 1.89. The number of amides is 1. The number of aryl methyl sites for hydroxylation is 1. The summed E-state index contributed by atoms with van der Waals surface area (Å²) in [6.45, 7) is 6.80. The van der Waals surface area contributed by atoms with Gasteiger partial charge in [0, 0.05) is 45.0 Å². The molecule has 1 N–H and O–H groups in total. The van der Waals surface area contributed by atoms with Crippen LogP contribution in [-0.4, -0.2) is 52.0 Å². The molecule has 166 valence electrons. The Bertz CT molecular complexity index is 922. The molecule has 10 heteroatoms. The first-order chi connectivity index (χ1) is 14.2. The summed E-state index contributed by atoms with van der Waals surface area (Å²) in [5.41, 5.74) is -0.280. The number of carbonyl (C=O) groups excluding carboxylic acids is 2. The summed E-state index contributed by atoms with van der Waals surface area (Å²) in [7, 11) is 0. The standard InChI is InChI=1S/C20H29N3O7/c1-5-6-22-19(26)11(2)9-23(20(22)27)17-8-16-18(30-17)15(21-12(3)24)7-14(10-28-16)29-13(4)25/h9,14-18H,5-8,10H2,1-4H3,(H,21,24)/t14-,15+,16-,17?,18+/m0/s1. The second-order valence-electron chi connectivity index (χ2n) is 7.90. The lowest BCUT2D eigenvalue weighted by Crippen LogP contribution is -2.47. The predicted molar refractivity (Wildman–Crippen MR) is 106 cm³/mol. The number of ether oxygens (including phenoxy) is 3. The highest BCUT2D eigenvalue weighted by atomic mass is 16.6. The van der Waals surface area contributed by atoms with Crippen molar-refractivity contribution in [2.45, 2.75) is 84.1 Å². The molecule has 0 radical (unpaired) electrons. The number of hydrogen-bond acceptors (Lipinski definition) is 7. The minimum atomic E-state index is -0.628. The number of rotatable bonds is 5. The van der Waals surface area contributed by atoms with Crippen LogP contribution in [0, 0.1) is 6.92 Å². The fraction of sp³-hybridized carbons (Fsp3) is 0.700. The first-order valence-electron chi connectivity index (χ1n) is 10.2. The van der Waals surface area contributed by atoms with Gasteiger partial charge in [0.2, 0.25) is 5.91 Å². The molecule has 0 saturated carbocycles. The molecule has 0 spiro atoms. The summed E-state index contributed by atoms with van der Waals surface area (Å²) in [6, 6.07) is -0.442. The van der Waals surface area contributed by atoms with Crippen molar-refractivity contribution >= 4 is 11.9 Å². The Morgan fingerprint density at radius 3 is 2.63 bits per heavy atom. The summed E-state index contributed by atoms with van der Waals surface area (Å²) in [4.78, 5) is 48.3. The van der Waals surface area contributed by atoms with E-state index < -0.39 is 42.2 Å². The van der Waals surface area contributed by atoms with Gasteiger partial charge in [-0.15, -0.1) is 0 Å². The van der Waals surface area contributed by atoms with Gasteiger partial charge in [0.05, 0.1) is 18.8 Å². The summed E-state index contributed by atoms with van der Waals surface area (Å²) < 4.78 is 20.0. The minimum Gasteiger partial charge on any atom is -0.460 e. The van der Waals surface area contributed by atoms with Crippen LogP contribution in [0.25, 0.3) is 0 Å². The molecule has 1 unspecified atom stereocenters. The molecule has 5 atom stereocenters. The number of nitrogens with one attached hydrogen (secondary N) is 1. The van der Waals surface area contributed by atoms with Crippen molar-refractivity contribution in [2.24, 2.45) is 0 Å². The molecular formula is C20H29N3O7. The van der Waals surface area contributed by atoms with Gasteiger partial charge in [0.25, 0.3) is 5.56 Å². The van der Waals surface area contributed by atoms with Crippen LogP contribution in [0.1, 0.15) is 51.8 Å². The summed E-state index contributed by atoms with van der Waals surface area (Å²) in [5, 5.41) is 2.86. The summed E-state index contributed by atoms with van der Waals surface area (Å²) in [5.74, 6) is -0.657. The third-order valence-corrected chi connectivity index (χ3v) is 5.37. The molecule has 0 bridgehead atoms. The zero-order valence-electron chi connectivity index (χ0n) is 17.8. The summed E-state index contributed by atoms with van der Waals surface area (Å²) >= 11 is 0. The van der Waals surface area contributed by atoms with Crippen LogP contribution in [0.5, 0.6) is 0 Å². The van der Waals surface area contributed by atoms with E-state index in [2.05, 4.69) is 5.32 Å². The van der Waals surface area contributed by atoms with Gasteiger partial charge >= 0.3 is 11.7 Å². The van der Waals surface area contributed by atoms with Crippen molar-refractivity contribution in [1.29, 1.82) is 0 Å². The van der Waals surface area contributed by atoms with Gasteiger partial charge in [-0.2, -0.15) is 0 Å². The average molecular weight is 423 g/mol. The topological polar surface area (TPSA) is 118 Å². The number of nitrogens with zero attached hydrogens (tertiary/aromatic N) is 2. The maximum atomic E-state index is 12.9. The Morgan fingerprint density at radius 2 is 2.00 bits per heavy atom. The lowest BCUT2D eigenvalue weighted by molar-refractivity contribution is -0.150. The van der Waals surface area contributed by atoms with E-state index in [-0.39, 0.29) is 18.1 Å². The van der Waals surface area contributed by atoms with Crippen molar-refractivity contribution in [1.82, 2.24) is 14.5 Å². The van der Waals surface area contributed by atoms with Crippen molar-refractivity contribution in [3.63, 3.8) is 0 Å². The summed E-state index contributed by atoms with van der Waals surface area (Å²) in [6.07, 6.45) is 0.847. The zero-order valence-corrected chi connectivity index (χ0v) is 17.8. The Kier molecular flexibility index (Phi) is 6.77. The highest BCUT2D eigenvalue weighted by Crippen LogP contribution is 2.35. The monoisotopic (exact) mass is 423 g/mol. The molecule has 3 rings (SSSR count). The maximum Gasteiger partial charge on any atom is 0.333 e. The molecule has 1 aromatic rings. The van der Waals surface area contributed by atoms with Crippen LogP contribution in [0.15, 0.2) is 15.8 Å². The minimum absolute atomic E-state index is 0.177. The lowest BCUT2D eigenvalue weighted by Gasteiger charge is -2.26. The first kappa shape index (κ1) is 22.2. The van der Waals surface area contributed by atoms with Crippen molar-refractivity contribution in [2.75, 3.05) is 6.61 Å². The Hall–Kier alpha value is -2.46. The van der Waals surface area contributed by atoms with E-state index >= 15 is 0 Å². The van der Waals surface area contributed by atoms with Gasteiger partial charge in [-0.3, -0.25) is 23.5 Å². The second-order valence-corrected chi connectivity index (χ2v) is 7.90. The molecule has 1 aromatic heterocycles. The predicted octanol–water partition coefficient (Wildman–Crippen LogP) is 0.241. The van der Waals surface area contributed by atoms with Crippen molar-refractivity contribution in [3.05, 3.63) is 32.6 Å². The number of fused-ring (bicyclic) bond motifs is 1. The smallest absolute Gasteiger partial charge is 0.333 e. The van der Waals surface area contributed by atoms with E-state index in [1.807, 2.05) is 6.92 Å². The quantitative estimate of drug-likeness (QED) is 0.674. The Labute approximate surface area is 174 Å².